The number of benzene rings is 1. The van der Waals surface area contributed by atoms with Crippen molar-refractivity contribution >= 4 is 12.1 Å². The third-order valence-electron chi connectivity index (χ3n) is 2.79. The second-order valence-electron chi connectivity index (χ2n) is 4.21. The highest BCUT2D eigenvalue weighted by Gasteiger charge is 2.15. The summed E-state index contributed by atoms with van der Waals surface area (Å²) in [6.45, 7) is 0.816. The molecule has 0 saturated heterocycles. The van der Waals surface area contributed by atoms with E-state index in [9.17, 15) is 14.7 Å². The first-order chi connectivity index (χ1) is 10.2. The van der Waals surface area contributed by atoms with E-state index in [-0.39, 0.29) is 13.2 Å². The largest absolute Gasteiger partial charge is 0.486 e. The predicted molar refractivity (Wildman–Crippen MR) is 71.9 cm³/mol. The zero-order valence-corrected chi connectivity index (χ0v) is 11.2. The van der Waals surface area contributed by atoms with Gasteiger partial charge in [0, 0.05) is 6.54 Å². The average molecular weight is 293 g/mol. The van der Waals surface area contributed by atoms with Gasteiger partial charge in [0.1, 0.15) is 19.9 Å². The molecule has 1 aromatic carbocycles. The minimum Gasteiger partial charge on any atom is -0.486 e. The zero-order valence-electron chi connectivity index (χ0n) is 11.2. The van der Waals surface area contributed by atoms with E-state index in [2.05, 4.69) is 15.6 Å². The SMILES string of the molecule is O=C=NCNC(=O)NCC(O)c1ccc2c(c1)OCCO2. The van der Waals surface area contributed by atoms with Gasteiger partial charge in [0.2, 0.25) is 6.08 Å². The number of amides is 2. The third-order valence-corrected chi connectivity index (χ3v) is 2.79. The Balaban J connectivity index is 1.86. The molecule has 8 heteroatoms. The van der Waals surface area contributed by atoms with Crippen LogP contribution in [0.1, 0.15) is 11.7 Å². The number of rotatable bonds is 5. The highest BCUT2D eigenvalue weighted by molar-refractivity contribution is 5.73. The Morgan fingerprint density at radius 3 is 2.86 bits per heavy atom. The highest BCUT2D eigenvalue weighted by atomic mass is 16.6. The average Bonchev–Trinajstić information content (AvgIpc) is 2.52. The first kappa shape index (κ1) is 14.8. The summed E-state index contributed by atoms with van der Waals surface area (Å²) in [5.41, 5.74) is 0.602. The van der Waals surface area contributed by atoms with Crippen molar-refractivity contribution < 1.29 is 24.2 Å². The topological polar surface area (TPSA) is 109 Å². The number of aliphatic imine (C=N–C) groups is 1. The van der Waals surface area contributed by atoms with Gasteiger partial charge >= 0.3 is 6.03 Å². The molecule has 8 nitrogen and oxygen atoms in total. The minimum atomic E-state index is -0.888. The molecular weight excluding hydrogens is 278 g/mol. The lowest BCUT2D eigenvalue weighted by Gasteiger charge is -2.20. The molecule has 3 N–H and O–H groups in total. The number of aliphatic hydroxyl groups excluding tert-OH is 1. The summed E-state index contributed by atoms with van der Waals surface area (Å²) in [6, 6.07) is 4.56. The van der Waals surface area contributed by atoms with Gasteiger partial charge in [-0.05, 0) is 17.7 Å². The molecule has 0 aliphatic carbocycles. The van der Waals surface area contributed by atoms with Crippen molar-refractivity contribution in [2.24, 2.45) is 4.99 Å². The lowest BCUT2D eigenvalue weighted by atomic mass is 10.1. The number of aliphatic hydroxyl groups is 1. The number of carbonyl (C=O) groups is 1. The van der Waals surface area contributed by atoms with Crippen LogP contribution in [0.15, 0.2) is 23.2 Å². The van der Waals surface area contributed by atoms with Gasteiger partial charge < -0.3 is 25.2 Å². The second-order valence-corrected chi connectivity index (χ2v) is 4.21. The van der Waals surface area contributed by atoms with Crippen LogP contribution in [0.2, 0.25) is 0 Å². The summed E-state index contributed by atoms with van der Waals surface area (Å²) in [5, 5.41) is 14.8. The standard InChI is InChI=1S/C13H15N3O5/c17-8-14-7-16-13(19)15-6-10(18)9-1-2-11-12(5-9)21-4-3-20-11/h1-2,5,10,18H,3-4,6-7H2,(H2,15,16,19). The van der Waals surface area contributed by atoms with Crippen molar-refractivity contribution in [3.05, 3.63) is 23.8 Å². The molecule has 0 fully saturated rings. The van der Waals surface area contributed by atoms with Crippen molar-refractivity contribution in [3.63, 3.8) is 0 Å². The van der Waals surface area contributed by atoms with Gasteiger partial charge in [0.25, 0.3) is 0 Å². The molecule has 112 valence electrons. The van der Waals surface area contributed by atoms with Gasteiger partial charge in [-0.1, -0.05) is 6.07 Å². The lowest BCUT2D eigenvalue weighted by Crippen LogP contribution is -2.37. The molecule has 0 radical (unpaired) electrons. The predicted octanol–water partition coefficient (Wildman–Crippen LogP) is 0.0837. The molecule has 1 unspecified atom stereocenters. The summed E-state index contributed by atoms with van der Waals surface area (Å²) in [5.74, 6) is 1.21. The zero-order chi connectivity index (χ0) is 15.1. The Morgan fingerprint density at radius 2 is 2.10 bits per heavy atom. The van der Waals surface area contributed by atoms with E-state index < -0.39 is 12.1 Å². The Morgan fingerprint density at radius 1 is 1.33 bits per heavy atom. The second kappa shape index (κ2) is 7.28. The number of urea groups is 1. The number of fused-ring (bicyclic) bond motifs is 1. The van der Waals surface area contributed by atoms with Crippen LogP contribution in [-0.4, -0.2) is 43.6 Å². The first-order valence-corrected chi connectivity index (χ1v) is 6.33. The van der Waals surface area contributed by atoms with E-state index in [1.807, 2.05) is 0 Å². The Bertz CT molecular complexity index is 557. The summed E-state index contributed by atoms with van der Waals surface area (Å²) in [6.07, 6.45) is 0.412. The van der Waals surface area contributed by atoms with Crippen molar-refractivity contribution in [3.8, 4) is 11.5 Å². The minimum absolute atomic E-state index is 0.0102. The van der Waals surface area contributed by atoms with Crippen LogP contribution in [0.5, 0.6) is 11.5 Å². The summed E-state index contributed by atoms with van der Waals surface area (Å²) in [7, 11) is 0. The van der Waals surface area contributed by atoms with Gasteiger partial charge in [-0.3, -0.25) is 0 Å². The number of carbonyl (C=O) groups excluding carboxylic acids is 2. The fourth-order valence-corrected chi connectivity index (χ4v) is 1.78. The van der Waals surface area contributed by atoms with Crippen molar-refractivity contribution in [2.75, 3.05) is 26.4 Å². The monoisotopic (exact) mass is 293 g/mol. The van der Waals surface area contributed by atoms with Crippen LogP contribution >= 0.6 is 0 Å². The molecule has 21 heavy (non-hydrogen) atoms. The van der Waals surface area contributed by atoms with Crippen LogP contribution in [0, 0.1) is 0 Å². The molecule has 1 aliphatic heterocycles. The number of hydrogen-bond acceptors (Lipinski definition) is 6. The van der Waals surface area contributed by atoms with Crippen molar-refractivity contribution in [2.45, 2.75) is 6.10 Å². The van der Waals surface area contributed by atoms with Crippen LogP contribution < -0.4 is 20.1 Å². The molecule has 0 saturated carbocycles. The van der Waals surface area contributed by atoms with E-state index in [0.717, 1.165) is 0 Å². The first-order valence-electron chi connectivity index (χ1n) is 6.33. The van der Waals surface area contributed by atoms with Gasteiger partial charge in [-0.25, -0.2) is 9.59 Å². The molecule has 2 amide bonds. The normalized spacial score (nSPS) is 13.8. The fraction of sp³-hybridized carbons (Fsp3) is 0.385. The maximum atomic E-state index is 11.3. The van der Waals surface area contributed by atoms with Crippen molar-refractivity contribution in [1.29, 1.82) is 0 Å². The third kappa shape index (κ3) is 4.20. The fourth-order valence-electron chi connectivity index (χ4n) is 1.78. The van der Waals surface area contributed by atoms with Gasteiger partial charge in [0.15, 0.2) is 11.5 Å². The van der Waals surface area contributed by atoms with E-state index in [4.69, 9.17) is 9.47 Å². The van der Waals surface area contributed by atoms with Gasteiger partial charge in [-0.15, -0.1) is 0 Å². The Kier molecular flexibility index (Phi) is 5.14. The molecule has 1 aliphatic rings. The van der Waals surface area contributed by atoms with Crippen LogP contribution in [0.3, 0.4) is 0 Å². The Hall–Kier alpha value is -2.57. The molecule has 2 rings (SSSR count). The number of hydrogen-bond donors (Lipinski definition) is 3. The summed E-state index contributed by atoms with van der Waals surface area (Å²) in [4.78, 5) is 24.3. The van der Waals surface area contributed by atoms with Gasteiger partial charge in [0.05, 0.1) is 6.10 Å². The van der Waals surface area contributed by atoms with Crippen LogP contribution in [-0.2, 0) is 4.79 Å². The molecular formula is C13H15N3O5. The smallest absolute Gasteiger partial charge is 0.316 e. The molecule has 1 aromatic rings. The van der Waals surface area contributed by atoms with Crippen molar-refractivity contribution in [1.82, 2.24) is 10.6 Å². The highest BCUT2D eigenvalue weighted by Crippen LogP contribution is 2.32. The molecule has 1 atom stereocenters. The molecule has 0 aromatic heterocycles. The number of isocyanates is 1. The Labute approximate surface area is 120 Å². The quantitative estimate of drug-likeness (QED) is 0.526. The number of ether oxygens (including phenoxy) is 2. The van der Waals surface area contributed by atoms with E-state index in [1.54, 1.807) is 18.2 Å². The molecule has 0 spiro atoms. The van der Waals surface area contributed by atoms with E-state index in [1.165, 1.54) is 6.08 Å². The van der Waals surface area contributed by atoms with Crippen LogP contribution in [0.4, 0.5) is 4.79 Å². The summed E-state index contributed by atoms with van der Waals surface area (Å²) >= 11 is 0. The van der Waals surface area contributed by atoms with E-state index >= 15 is 0 Å². The maximum absolute atomic E-state index is 11.3. The van der Waals surface area contributed by atoms with E-state index in [0.29, 0.717) is 30.3 Å². The maximum Gasteiger partial charge on any atom is 0.316 e. The number of nitrogens with one attached hydrogen (secondary N) is 2. The molecule has 1 heterocycles. The lowest BCUT2D eigenvalue weighted by molar-refractivity contribution is 0.163. The van der Waals surface area contributed by atoms with Gasteiger partial charge in [-0.2, -0.15) is 4.99 Å². The van der Waals surface area contributed by atoms with Crippen LogP contribution in [0.25, 0.3) is 0 Å². The number of nitrogens with zero attached hydrogens (tertiary/aromatic N) is 1. The molecule has 0 bridgehead atoms. The summed E-state index contributed by atoms with van der Waals surface area (Å²) < 4.78 is 10.8.